The molecule has 2 heterocycles. The van der Waals surface area contributed by atoms with Crippen molar-refractivity contribution in [2.24, 2.45) is 10.9 Å². The summed E-state index contributed by atoms with van der Waals surface area (Å²) in [6, 6.07) is 53.1. The fraction of sp³-hybridized carbons (Fsp3) is 0.262. The third-order valence-corrected chi connectivity index (χ3v) is 13.7. The first-order valence-electron chi connectivity index (χ1n) is 17.4. The predicted molar refractivity (Wildman–Crippen MR) is 193 cm³/mol. The van der Waals surface area contributed by atoms with Crippen LogP contribution in [0.1, 0.15) is 56.4 Å². The van der Waals surface area contributed by atoms with Crippen LogP contribution in [-0.4, -0.2) is 33.0 Å². The molecule has 4 nitrogen and oxygen atoms in total. The van der Waals surface area contributed by atoms with Gasteiger partial charge in [0, 0.05) is 12.5 Å². The van der Waals surface area contributed by atoms with Crippen molar-refractivity contribution in [3.05, 3.63) is 168 Å². The zero-order chi connectivity index (χ0) is 32.8. The number of unbranched alkanes of at least 4 members (excludes halogenated alkanes) is 1. The molecule has 5 atom stereocenters. The summed E-state index contributed by atoms with van der Waals surface area (Å²) in [4.78, 5) is 5.20. The molecule has 0 saturated carbocycles. The minimum Gasteiger partial charge on any atom is -0.401 e. The molecule has 5 heteroatoms. The van der Waals surface area contributed by atoms with E-state index in [9.17, 15) is 1.37 Å². The van der Waals surface area contributed by atoms with Gasteiger partial charge in [0.05, 0.1) is 13.2 Å². The quantitative estimate of drug-likeness (QED) is 0.129. The molecule has 0 aliphatic carbocycles. The van der Waals surface area contributed by atoms with E-state index in [1.54, 1.807) is 0 Å². The van der Waals surface area contributed by atoms with E-state index in [0.717, 1.165) is 42.0 Å². The monoisotopic (exact) mass is 639 g/mol. The van der Waals surface area contributed by atoms with Gasteiger partial charge in [-0.15, -0.1) is 0 Å². The van der Waals surface area contributed by atoms with Crippen LogP contribution in [0.15, 0.2) is 157 Å². The summed E-state index contributed by atoms with van der Waals surface area (Å²) in [6.07, 6.45) is 0.158. The second kappa shape index (κ2) is 14.7. The molecule has 5 aromatic rings. The lowest BCUT2D eigenvalue weighted by Gasteiger charge is -2.40. The minimum absolute atomic E-state index is 0.0442. The fourth-order valence-electron chi connectivity index (χ4n) is 7.12. The molecular formula is C42H43NO3Si. The molecule has 1 saturated heterocycles. The van der Waals surface area contributed by atoms with Gasteiger partial charge in [-0.3, -0.25) is 4.99 Å². The Morgan fingerprint density at radius 3 is 1.91 bits per heavy atom. The first kappa shape index (κ1) is 30.2. The van der Waals surface area contributed by atoms with Gasteiger partial charge >= 0.3 is 0 Å². The third kappa shape index (κ3) is 6.67. The highest BCUT2D eigenvalue weighted by Gasteiger charge is 2.49. The van der Waals surface area contributed by atoms with Gasteiger partial charge in [-0.1, -0.05) is 171 Å². The number of nitrogens with zero attached hydrogens (tertiary/aromatic N) is 1. The summed E-state index contributed by atoms with van der Waals surface area (Å²) in [6.45, 7) is 2.83. The maximum atomic E-state index is 9.76. The number of benzene rings is 5. The van der Waals surface area contributed by atoms with Gasteiger partial charge in [0.2, 0.25) is 0 Å². The van der Waals surface area contributed by atoms with E-state index in [0.29, 0.717) is 12.3 Å². The van der Waals surface area contributed by atoms with E-state index >= 15 is 0 Å². The summed E-state index contributed by atoms with van der Waals surface area (Å²) in [7, 11) is -2.77. The Balaban J connectivity index is 1.32. The first-order valence-corrected chi connectivity index (χ1v) is 19.1. The van der Waals surface area contributed by atoms with Gasteiger partial charge in [0.1, 0.15) is 12.2 Å². The molecule has 0 radical (unpaired) electrons. The van der Waals surface area contributed by atoms with Crippen molar-refractivity contribution in [2.75, 3.05) is 6.61 Å². The molecule has 0 aromatic heterocycles. The minimum atomic E-state index is -2.77. The Hall–Kier alpha value is -4.13. The second-order valence-electron chi connectivity index (χ2n) is 12.4. The zero-order valence-corrected chi connectivity index (χ0v) is 28.0. The highest BCUT2D eigenvalue weighted by Crippen LogP contribution is 2.43. The topological polar surface area (TPSA) is 40.0 Å². The highest BCUT2D eigenvalue weighted by molar-refractivity contribution is 6.97. The molecule has 5 aromatic carbocycles. The normalized spacial score (nSPS) is 23.6. The maximum absolute atomic E-state index is 9.76. The first-order chi connectivity index (χ1) is 23.6. The summed E-state index contributed by atoms with van der Waals surface area (Å²) >= 11 is 0. The molecule has 7 rings (SSSR count). The Kier molecular flexibility index (Phi) is 9.48. The van der Waals surface area contributed by atoms with Crippen LogP contribution in [0, 0.1) is 5.92 Å². The van der Waals surface area contributed by atoms with Crippen LogP contribution in [0.25, 0.3) is 0 Å². The molecule has 0 spiro atoms. The van der Waals surface area contributed by atoms with Crippen LogP contribution < -0.4 is 10.4 Å². The molecule has 0 bridgehead atoms. The standard InChI is InChI=1S/C42H43NO3Si/c1-2-3-31-47(35-25-15-7-16-26-35,36-27-17-8-18-28-36)46-39(33-21-11-5-12-22-33)37-29-30-44-41(37)42-43-38(32-19-9-4-10-20-32)40(45-42)34-23-13-6-14-24-34/h4-28,37,39-42H,2-3,29-31H2,1H3/i40T. The largest absolute Gasteiger partial charge is 0.401 e. The molecule has 1 fully saturated rings. The van der Waals surface area contributed by atoms with Gasteiger partial charge in [-0.25, -0.2) is 0 Å². The SMILES string of the molecule is [3H]C1(c2ccccc2)OC(C2OCCC2C(O[Si](CCCC)(c2ccccc2)c2ccccc2)c2ccccc2)N=C1c1ccccc1. The lowest BCUT2D eigenvalue weighted by Crippen LogP contribution is -2.61. The zero-order valence-electron chi connectivity index (χ0n) is 28.0. The van der Waals surface area contributed by atoms with Crippen molar-refractivity contribution >= 4 is 24.4 Å². The van der Waals surface area contributed by atoms with Crippen molar-refractivity contribution in [1.82, 2.24) is 0 Å². The lowest BCUT2D eigenvalue weighted by atomic mass is 9.89. The van der Waals surface area contributed by atoms with Crippen LogP contribution in [0.5, 0.6) is 0 Å². The van der Waals surface area contributed by atoms with E-state index in [1.165, 1.54) is 10.4 Å². The van der Waals surface area contributed by atoms with Gasteiger partial charge in [-0.05, 0) is 39.5 Å². The summed E-state index contributed by atoms with van der Waals surface area (Å²) in [5.74, 6) is -0.0442. The molecule has 2 aliphatic rings. The van der Waals surface area contributed by atoms with Crippen molar-refractivity contribution in [3.8, 4) is 0 Å². The smallest absolute Gasteiger partial charge is 0.256 e. The molecule has 238 valence electrons. The molecule has 47 heavy (non-hydrogen) atoms. The third-order valence-electron chi connectivity index (χ3n) is 9.47. The summed E-state index contributed by atoms with van der Waals surface area (Å²) in [5.41, 5.74) is 3.36. The average molecular weight is 640 g/mol. The highest BCUT2D eigenvalue weighted by atomic mass is 28.4. The maximum Gasteiger partial charge on any atom is 0.256 e. The van der Waals surface area contributed by atoms with Crippen molar-refractivity contribution in [2.45, 2.75) is 56.7 Å². The van der Waals surface area contributed by atoms with E-state index in [4.69, 9.17) is 18.9 Å². The van der Waals surface area contributed by atoms with Crippen molar-refractivity contribution in [1.29, 1.82) is 0 Å². The Morgan fingerprint density at radius 2 is 1.32 bits per heavy atom. The Bertz CT molecular complexity index is 1740. The number of hydrogen-bond acceptors (Lipinski definition) is 4. The summed E-state index contributed by atoms with van der Waals surface area (Å²) < 4.78 is 30.9. The molecule has 0 N–H and O–H groups in total. The van der Waals surface area contributed by atoms with E-state index in [-0.39, 0.29) is 12.0 Å². The predicted octanol–water partition coefficient (Wildman–Crippen LogP) is 8.30. The molecule has 2 aliphatic heterocycles. The van der Waals surface area contributed by atoms with Crippen molar-refractivity contribution < 1.29 is 15.3 Å². The van der Waals surface area contributed by atoms with E-state index < -0.39 is 26.7 Å². The van der Waals surface area contributed by atoms with Gasteiger partial charge in [0.25, 0.3) is 8.32 Å². The number of hydrogen-bond donors (Lipinski definition) is 0. The van der Waals surface area contributed by atoms with Crippen LogP contribution in [0.2, 0.25) is 6.04 Å². The number of ether oxygens (including phenoxy) is 2. The number of rotatable bonds is 12. The van der Waals surface area contributed by atoms with E-state index in [2.05, 4.69) is 97.9 Å². The summed E-state index contributed by atoms with van der Waals surface area (Å²) in [5, 5.41) is 2.55. The lowest BCUT2D eigenvalue weighted by molar-refractivity contribution is -0.0748. The van der Waals surface area contributed by atoms with Crippen molar-refractivity contribution in [3.63, 3.8) is 0 Å². The van der Waals surface area contributed by atoms with Crippen LogP contribution >= 0.6 is 0 Å². The molecule has 0 amide bonds. The van der Waals surface area contributed by atoms with E-state index in [1.807, 2.05) is 60.7 Å². The fourth-order valence-corrected chi connectivity index (χ4v) is 11.5. The van der Waals surface area contributed by atoms with Crippen LogP contribution in [0.4, 0.5) is 0 Å². The van der Waals surface area contributed by atoms with Crippen LogP contribution in [0.3, 0.4) is 0 Å². The second-order valence-corrected chi connectivity index (χ2v) is 16.0. The number of aliphatic imine (C=N–C) groups is 1. The van der Waals surface area contributed by atoms with Gasteiger partial charge in [0.15, 0.2) is 6.23 Å². The average Bonchev–Trinajstić information content (AvgIpc) is 3.79. The Labute approximate surface area is 281 Å². The van der Waals surface area contributed by atoms with Gasteiger partial charge < -0.3 is 13.9 Å². The Morgan fingerprint density at radius 1 is 0.766 bits per heavy atom. The van der Waals surface area contributed by atoms with Crippen LogP contribution in [-0.2, 0) is 13.9 Å². The van der Waals surface area contributed by atoms with Gasteiger partial charge in [-0.2, -0.15) is 0 Å². The molecule has 5 unspecified atom stereocenters. The molecular weight excluding hydrogens is 595 g/mol.